The monoisotopic (exact) mass is 246 g/mol. The van der Waals surface area contributed by atoms with Crippen LogP contribution >= 0.6 is 11.6 Å². The molecule has 2 nitrogen and oxygen atoms in total. The van der Waals surface area contributed by atoms with E-state index in [0.29, 0.717) is 11.1 Å². The molecular weight excluding hydrogens is 232 g/mol. The standard InChI is InChI=1S/C14H15ClN2/c1-10-3-5-12(6-4-10)11(2)7-13-8-16-9-14(15)17-13/h3-6,8-9,11H,7H2,1-2H3/t11-/m0/s1. The second kappa shape index (κ2) is 5.28. The van der Waals surface area contributed by atoms with Crippen LogP contribution in [0.25, 0.3) is 0 Å². The van der Waals surface area contributed by atoms with Gasteiger partial charge in [0.05, 0.1) is 11.9 Å². The molecule has 0 saturated heterocycles. The van der Waals surface area contributed by atoms with Crippen molar-refractivity contribution in [3.05, 3.63) is 58.6 Å². The molecule has 0 spiro atoms. The second-order valence-electron chi connectivity index (χ2n) is 4.35. The van der Waals surface area contributed by atoms with Gasteiger partial charge in [-0.2, -0.15) is 0 Å². The second-order valence-corrected chi connectivity index (χ2v) is 4.74. The van der Waals surface area contributed by atoms with Gasteiger partial charge in [-0.25, -0.2) is 4.98 Å². The normalized spacial score (nSPS) is 12.4. The van der Waals surface area contributed by atoms with Crippen LogP contribution in [-0.4, -0.2) is 9.97 Å². The molecular formula is C14H15ClN2. The smallest absolute Gasteiger partial charge is 0.147 e. The topological polar surface area (TPSA) is 25.8 Å². The molecule has 0 unspecified atom stereocenters. The van der Waals surface area contributed by atoms with Crippen LogP contribution in [0.4, 0.5) is 0 Å². The molecule has 0 N–H and O–H groups in total. The lowest BCUT2D eigenvalue weighted by Gasteiger charge is -2.11. The fourth-order valence-corrected chi connectivity index (χ4v) is 1.97. The lowest BCUT2D eigenvalue weighted by atomic mass is 9.96. The lowest BCUT2D eigenvalue weighted by Crippen LogP contribution is -2.01. The van der Waals surface area contributed by atoms with Crippen molar-refractivity contribution in [1.82, 2.24) is 9.97 Å². The molecule has 2 aromatic rings. The number of halogens is 1. The van der Waals surface area contributed by atoms with E-state index in [1.807, 2.05) is 0 Å². The van der Waals surface area contributed by atoms with Crippen LogP contribution in [0.3, 0.4) is 0 Å². The average Bonchev–Trinajstić information content (AvgIpc) is 2.29. The van der Waals surface area contributed by atoms with E-state index in [4.69, 9.17) is 11.6 Å². The van der Waals surface area contributed by atoms with Gasteiger partial charge in [-0.1, -0.05) is 48.4 Å². The van der Waals surface area contributed by atoms with Gasteiger partial charge in [-0.15, -0.1) is 0 Å². The van der Waals surface area contributed by atoms with Crippen LogP contribution in [0.5, 0.6) is 0 Å². The van der Waals surface area contributed by atoms with Crippen LogP contribution in [0.2, 0.25) is 5.15 Å². The number of aromatic nitrogens is 2. The van der Waals surface area contributed by atoms with Crippen LogP contribution in [0, 0.1) is 6.92 Å². The van der Waals surface area contributed by atoms with E-state index < -0.39 is 0 Å². The van der Waals surface area contributed by atoms with Gasteiger partial charge in [-0.05, 0) is 24.8 Å². The SMILES string of the molecule is Cc1ccc([C@@H](C)Cc2cncc(Cl)n2)cc1. The zero-order valence-electron chi connectivity index (χ0n) is 10.0. The Balaban J connectivity index is 2.11. The molecule has 2 rings (SSSR count). The summed E-state index contributed by atoms with van der Waals surface area (Å²) in [5, 5.41) is 0.457. The van der Waals surface area contributed by atoms with Gasteiger partial charge in [0.15, 0.2) is 0 Å². The van der Waals surface area contributed by atoms with Crippen LogP contribution in [0.15, 0.2) is 36.7 Å². The minimum atomic E-state index is 0.420. The quantitative estimate of drug-likeness (QED) is 0.824. The molecule has 1 heterocycles. The Bertz CT molecular complexity index is 494. The van der Waals surface area contributed by atoms with Gasteiger partial charge >= 0.3 is 0 Å². The largest absolute Gasteiger partial charge is 0.260 e. The highest BCUT2D eigenvalue weighted by molar-refractivity contribution is 6.29. The number of hydrogen-bond acceptors (Lipinski definition) is 2. The van der Waals surface area contributed by atoms with E-state index in [-0.39, 0.29) is 0 Å². The number of rotatable bonds is 3. The maximum absolute atomic E-state index is 5.82. The van der Waals surface area contributed by atoms with Gasteiger partial charge in [-0.3, -0.25) is 4.98 Å². The van der Waals surface area contributed by atoms with Gasteiger partial charge < -0.3 is 0 Å². The Hall–Kier alpha value is -1.41. The zero-order chi connectivity index (χ0) is 12.3. The Kier molecular flexibility index (Phi) is 3.75. The molecule has 0 bridgehead atoms. The van der Waals surface area contributed by atoms with Crippen molar-refractivity contribution >= 4 is 11.6 Å². The first kappa shape index (κ1) is 12.1. The molecule has 0 radical (unpaired) electrons. The Labute approximate surface area is 107 Å². The van der Waals surface area contributed by atoms with E-state index >= 15 is 0 Å². The third-order valence-electron chi connectivity index (χ3n) is 2.82. The van der Waals surface area contributed by atoms with E-state index in [0.717, 1.165) is 12.1 Å². The molecule has 88 valence electrons. The predicted molar refractivity (Wildman–Crippen MR) is 70.3 cm³/mol. The van der Waals surface area contributed by atoms with Crippen molar-refractivity contribution in [2.24, 2.45) is 0 Å². The highest BCUT2D eigenvalue weighted by atomic mass is 35.5. The van der Waals surface area contributed by atoms with Gasteiger partial charge in [0, 0.05) is 6.20 Å². The lowest BCUT2D eigenvalue weighted by molar-refractivity contribution is 0.736. The minimum absolute atomic E-state index is 0.420. The molecule has 0 saturated carbocycles. The summed E-state index contributed by atoms with van der Waals surface area (Å²) in [6, 6.07) is 8.60. The Morgan fingerprint density at radius 3 is 2.53 bits per heavy atom. The number of aryl methyl sites for hydroxylation is 1. The van der Waals surface area contributed by atoms with E-state index in [2.05, 4.69) is 48.1 Å². The first-order valence-corrected chi connectivity index (χ1v) is 6.06. The molecule has 0 fully saturated rings. The summed E-state index contributed by atoms with van der Waals surface area (Å²) in [7, 11) is 0. The highest BCUT2D eigenvalue weighted by Gasteiger charge is 2.08. The first-order valence-electron chi connectivity index (χ1n) is 5.68. The number of hydrogen-bond donors (Lipinski definition) is 0. The zero-order valence-corrected chi connectivity index (χ0v) is 10.8. The molecule has 17 heavy (non-hydrogen) atoms. The van der Waals surface area contributed by atoms with E-state index in [9.17, 15) is 0 Å². The van der Waals surface area contributed by atoms with Gasteiger partial charge in [0.1, 0.15) is 5.15 Å². The molecule has 0 aliphatic heterocycles. The molecule has 0 amide bonds. The molecule has 3 heteroatoms. The summed E-state index contributed by atoms with van der Waals surface area (Å²) in [5.41, 5.74) is 3.53. The molecule has 1 aromatic heterocycles. The van der Waals surface area contributed by atoms with Gasteiger partial charge in [0.2, 0.25) is 0 Å². The van der Waals surface area contributed by atoms with Crippen molar-refractivity contribution in [2.75, 3.05) is 0 Å². The summed E-state index contributed by atoms with van der Waals surface area (Å²) in [6.07, 6.45) is 4.19. The molecule has 0 aliphatic rings. The fraction of sp³-hybridized carbons (Fsp3) is 0.286. The number of nitrogens with zero attached hydrogens (tertiary/aromatic N) is 2. The molecule has 0 aliphatic carbocycles. The first-order chi connectivity index (χ1) is 8.15. The van der Waals surface area contributed by atoms with Crippen molar-refractivity contribution in [1.29, 1.82) is 0 Å². The highest BCUT2D eigenvalue weighted by Crippen LogP contribution is 2.20. The Morgan fingerprint density at radius 2 is 1.88 bits per heavy atom. The number of benzene rings is 1. The van der Waals surface area contributed by atoms with E-state index in [1.54, 1.807) is 12.4 Å². The van der Waals surface area contributed by atoms with Crippen molar-refractivity contribution in [3.8, 4) is 0 Å². The van der Waals surface area contributed by atoms with Crippen molar-refractivity contribution in [3.63, 3.8) is 0 Å². The minimum Gasteiger partial charge on any atom is -0.260 e. The van der Waals surface area contributed by atoms with Crippen molar-refractivity contribution < 1.29 is 0 Å². The summed E-state index contributed by atoms with van der Waals surface area (Å²) in [5.74, 6) is 0.420. The molecule has 1 atom stereocenters. The summed E-state index contributed by atoms with van der Waals surface area (Å²) >= 11 is 5.82. The van der Waals surface area contributed by atoms with E-state index in [1.165, 1.54) is 11.1 Å². The average molecular weight is 247 g/mol. The maximum atomic E-state index is 5.82. The third kappa shape index (κ3) is 3.27. The molecule has 1 aromatic carbocycles. The van der Waals surface area contributed by atoms with Gasteiger partial charge in [0.25, 0.3) is 0 Å². The van der Waals surface area contributed by atoms with Crippen LogP contribution in [0.1, 0.15) is 29.7 Å². The van der Waals surface area contributed by atoms with Crippen LogP contribution in [-0.2, 0) is 6.42 Å². The van der Waals surface area contributed by atoms with Crippen LogP contribution < -0.4 is 0 Å². The fourth-order valence-electron chi connectivity index (χ4n) is 1.80. The third-order valence-corrected chi connectivity index (χ3v) is 3.00. The summed E-state index contributed by atoms with van der Waals surface area (Å²) in [6.45, 7) is 4.28. The Morgan fingerprint density at radius 1 is 1.18 bits per heavy atom. The summed E-state index contributed by atoms with van der Waals surface area (Å²) < 4.78 is 0. The predicted octanol–water partition coefficient (Wildman–Crippen LogP) is 3.78. The van der Waals surface area contributed by atoms with Crippen molar-refractivity contribution in [2.45, 2.75) is 26.2 Å². The summed E-state index contributed by atoms with van der Waals surface area (Å²) in [4.78, 5) is 8.31. The maximum Gasteiger partial charge on any atom is 0.147 e.